The summed E-state index contributed by atoms with van der Waals surface area (Å²) in [4.78, 5) is 24.7. The SMILES string of the molecule is COc1cc(Cl)c(C)cc1NC(=O)COC(=O)CCc1cccs1. The van der Waals surface area contributed by atoms with Crippen LogP contribution in [0.3, 0.4) is 0 Å². The zero-order valence-electron chi connectivity index (χ0n) is 13.4. The minimum atomic E-state index is -0.431. The van der Waals surface area contributed by atoms with Gasteiger partial charge >= 0.3 is 5.97 Å². The summed E-state index contributed by atoms with van der Waals surface area (Å²) in [6, 6.07) is 7.22. The van der Waals surface area contributed by atoms with Crippen molar-refractivity contribution < 1.29 is 19.1 Å². The standard InChI is InChI=1S/C17H18ClNO4S/c1-11-8-14(15(22-2)9-13(11)18)19-16(20)10-23-17(21)6-5-12-4-3-7-24-12/h3-4,7-9H,5-6,10H2,1-2H3,(H,19,20). The van der Waals surface area contributed by atoms with Gasteiger partial charge < -0.3 is 14.8 Å². The van der Waals surface area contributed by atoms with E-state index in [0.717, 1.165) is 10.4 Å². The Balaban J connectivity index is 1.82. The van der Waals surface area contributed by atoms with Crippen LogP contribution in [0.25, 0.3) is 0 Å². The van der Waals surface area contributed by atoms with Crippen LogP contribution in [0, 0.1) is 6.92 Å². The summed E-state index contributed by atoms with van der Waals surface area (Å²) in [7, 11) is 1.49. The first kappa shape index (κ1) is 18.3. The number of anilines is 1. The fraction of sp³-hybridized carbons (Fsp3) is 0.294. The first-order valence-corrected chi connectivity index (χ1v) is 8.57. The molecule has 0 atom stereocenters. The summed E-state index contributed by atoms with van der Waals surface area (Å²) in [5, 5.41) is 5.16. The highest BCUT2D eigenvalue weighted by Crippen LogP contribution is 2.30. The molecule has 0 radical (unpaired) electrons. The van der Waals surface area contributed by atoms with Gasteiger partial charge in [0.25, 0.3) is 5.91 Å². The number of halogens is 1. The second-order valence-corrected chi connectivity index (χ2v) is 6.53. The number of hydrogen-bond donors (Lipinski definition) is 1. The zero-order chi connectivity index (χ0) is 17.5. The topological polar surface area (TPSA) is 64.6 Å². The fourth-order valence-corrected chi connectivity index (χ4v) is 2.88. The van der Waals surface area contributed by atoms with Crippen molar-refractivity contribution in [3.63, 3.8) is 0 Å². The second kappa shape index (κ2) is 8.70. The van der Waals surface area contributed by atoms with E-state index in [4.69, 9.17) is 21.1 Å². The number of thiophene rings is 1. The van der Waals surface area contributed by atoms with Gasteiger partial charge in [0, 0.05) is 16.0 Å². The molecule has 2 aromatic rings. The van der Waals surface area contributed by atoms with Crippen molar-refractivity contribution in [3.05, 3.63) is 45.1 Å². The van der Waals surface area contributed by atoms with E-state index < -0.39 is 11.9 Å². The molecule has 0 aliphatic carbocycles. The van der Waals surface area contributed by atoms with Crippen LogP contribution < -0.4 is 10.1 Å². The highest BCUT2D eigenvalue weighted by Gasteiger charge is 2.12. The molecular formula is C17H18ClNO4S. The maximum Gasteiger partial charge on any atom is 0.306 e. The number of carbonyl (C=O) groups is 2. The van der Waals surface area contributed by atoms with Crippen molar-refractivity contribution >= 4 is 40.5 Å². The lowest BCUT2D eigenvalue weighted by molar-refractivity contribution is -0.147. The Bertz CT molecular complexity index is 716. The molecule has 1 heterocycles. The van der Waals surface area contributed by atoms with Gasteiger partial charge in [0.2, 0.25) is 0 Å². The van der Waals surface area contributed by atoms with E-state index in [0.29, 0.717) is 22.9 Å². The molecule has 5 nitrogen and oxygen atoms in total. The number of hydrogen-bond acceptors (Lipinski definition) is 5. The molecule has 1 amide bonds. The minimum Gasteiger partial charge on any atom is -0.495 e. The number of ether oxygens (including phenoxy) is 2. The molecule has 0 saturated carbocycles. The van der Waals surface area contributed by atoms with Crippen LogP contribution in [-0.2, 0) is 20.7 Å². The molecule has 0 aliphatic heterocycles. The van der Waals surface area contributed by atoms with Crippen LogP contribution in [0.2, 0.25) is 5.02 Å². The maximum atomic E-state index is 11.9. The van der Waals surface area contributed by atoms with E-state index >= 15 is 0 Å². The highest BCUT2D eigenvalue weighted by molar-refractivity contribution is 7.09. The Labute approximate surface area is 149 Å². The van der Waals surface area contributed by atoms with Gasteiger partial charge in [-0.2, -0.15) is 0 Å². The number of nitrogens with one attached hydrogen (secondary N) is 1. The Morgan fingerprint density at radius 2 is 2.12 bits per heavy atom. The summed E-state index contributed by atoms with van der Waals surface area (Å²) in [5.74, 6) is -0.389. The van der Waals surface area contributed by atoms with E-state index in [9.17, 15) is 9.59 Å². The van der Waals surface area contributed by atoms with E-state index in [2.05, 4.69) is 5.32 Å². The number of amides is 1. The molecule has 1 aromatic carbocycles. The first-order chi connectivity index (χ1) is 11.5. The molecule has 7 heteroatoms. The van der Waals surface area contributed by atoms with Gasteiger partial charge in [-0.25, -0.2) is 0 Å². The maximum absolute atomic E-state index is 11.9. The first-order valence-electron chi connectivity index (χ1n) is 7.31. The van der Waals surface area contributed by atoms with Gasteiger partial charge in [-0.05, 0) is 36.4 Å². The van der Waals surface area contributed by atoms with E-state index in [1.807, 2.05) is 24.4 Å². The molecular weight excluding hydrogens is 350 g/mol. The number of methoxy groups -OCH3 is 1. The van der Waals surface area contributed by atoms with Gasteiger partial charge in [0.15, 0.2) is 6.61 Å². The Kier molecular flexibility index (Phi) is 6.63. The fourth-order valence-electron chi connectivity index (χ4n) is 2.01. The average molecular weight is 368 g/mol. The number of rotatable bonds is 7. The Morgan fingerprint density at radius 3 is 2.79 bits per heavy atom. The van der Waals surface area contributed by atoms with Crippen molar-refractivity contribution in [2.24, 2.45) is 0 Å². The third-order valence-electron chi connectivity index (χ3n) is 3.27. The van der Waals surface area contributed by atoms with Crippen LogP contribution in [0.15, 0.2) is 29.6 Å². The van der Waals surface area contributed by atoms with E-state index in [1.54, 1.807) is 23.5 Å². The monoisotopic (exact) mass is 367 g/mol. The summed E-state index contributed by atoms with van der Waals surface area (Å²) in [6.07, 6.45) is 0.861. The minimum absolute atomic E-state index is 0.247. The van der Waals surface area contributed by atoms with Crippen molar-refractivity contribution in [1.29, 1.82) is 0 Å². The third-order valence-corrected chi connectivity index (χ3v) is 4.62. The van der Waals surface area contributed by atoms with Crippen LogP contribution in [0.1, 0.15) is 16.9 Å². The predicted molar refractivity (Wildman–Crippen MR) is 95.0 cm³/mol. The summed E-state index contributed by atoms with van der Waals surface area (Å²) in [6.45, 7) is 1.48. The molecule has 0 spiro atoms. The molecule has 1 N–H and O–H groups in total. The lowest BCUT2D eigenvalue weighted by Gasteiger charge is -2.12. The number of aryl methyl sites for hydroxylation is 2. The van der Waals surface area contributed by atoms with Crippen LogP contribution in [0.5, 0.6) is 5.75 Å². The largest absolute Gasteiger partial charge is 0.495 e. The van der Waals surface area contributed by atoms with Crippen LogP contribution >= 0.6 is 22.9 Å². The molecule has 1 aromatic heterocycles. The summed E-state index contributed by atoms with van der Waals surface area (Å²) < 4.78 is 10.2. The quantitative estimate of drug-likeness (QED) is 0.755. The number of carbonyl (C=O) groups excluding carboxylic acids is 2. The molecule has 0 aliphatic rings. The molecule has 0 fully saturated rings. The normalized spacial score (nSPS) is 10.3. The van der Waals surface area contributed by atoms with E-state index in [1.165, 1.54) is 7.11 Å². The lowest BCUT2D eigenvalue weighted by Crippen LogP contribution is -2.21. The van der Waals surface area contributed by atoms with Gasteiger partial charge in [-0.15, -0.1) is 11.3 Å². The number of esters is 1. The van der Waals surface area contributed by atoms with E-state index in [-0.39, 0.29) is 13.0 Å². The second-order valence-electron chi connectivity index (χ2n) is 5.09. The van der Waals surface area contributed by atoms with Crippen molar-refractivity contribution in [2.45, 2.75) is 19.8 Å². The third kappa shape index (κ3) is 5.25. The van der Waals surface area contributed by atoms with Gasteiger partial charge in [-0.3, -0.25) is 9.59 Å². The van der Waals surface area contributed by atoms with Gasteiger partial charge in [0.05, 0.1) is 19.2 Å². The van der Waals surface area contributed by atoms with Crippen molar-refractivity contribution in [1.82, 2.24) is 0 Å². The Morgan fingerprint density at radius 1 is 1.33 bits per heavy atom. The average Bonchev–Trinajstić information content (AvgIpc) is 3.07. The van der Waals surface area contributed by atoms with Crippen molar-refractivity contribution in [2.75, 3.05) is 19.0 Å². The number of benzene rings is 1. The molecule has 2 rings (SSSR count). The molecule has 24 heavy (non-hydrogen) atoms. The molecule has 128 valence electrons. The smallest absolute Gasteiger partial charge is 0.306 e. The van der Waals surface area contributed by atoms with Crippen LogP contribution in [0.4, 0.5) is 5.69 Å². The molecule has 0 unspecified atom stereocenters. The zero-order valence-corrected chi connectivity index (χ0v) is 15.0. The summed E-state index contributed by atoms with van der Waals surface area (Å²) >= 11 is 7.61. The highest BCUT2D eigenvalue weighted by atomic mass is 35.5. The summed E-state index contributed by atoms with van der Waals surface area (Å²) in [5.41, 5.74) is 1.29. The van der Waals surface area contributed by atoms with Gasteiger partial charge in [0.1, 0.15) is 5.75 Å². The lowest BCUT2D eigenvalue weighted by atomic mass is 10.2. The van der Waals surface area contributed by atoms with Gasteiger partial charge in [-0.1, -0.05) is 17.7 Å². The Hall–Kier alpha value is -2.05. The molecule has 0 saturated heterocycles. The van der Waals surface area contributed by atoms with Crippen molar-refractivity contribution in [3.8, 4) is 5.75 Å². The van der Waals surface area contributed by atoms with Crippen LogP contribution in [-0.4, -0.2) is 25.6 Å². The predicted octanol–water partition coefficient (Wildman–Crippen LogP) is 3.83. The molecule has 0 bridgehead atoms.